The van der Waals surface area contributed by atoms with E-state index in [1.807, 2.05) is 24.3 Å². The van der Waals surface area contributed by atoms with Crippen LogP contribution in [0.4, 0.5) is 5.13 Å². The normalized spacial score (nSPS) is 19.5. The largest absolute Gasteiger partial charge is 0.497 e. The molecule has 0 atom stereocenters. The summed E-state index contributed by atoms with van der Waals surface area (Å²) in [4.78, 5) is 59.1. The predicted molar refractivity (Wildman–Crippen MR) is 246 cm³/mol. The Morgan fingerprint density at radius 1 is 0.754 bits per heavy atom. The number of methoxy groups -OCH3 is 2. The third kappa shape index (κ3) is 12.5. The molecule has 0 saturated heterocycles. The first kappa shape index (κ1) is 47.6. The average Bonchev–Trinajstić information content (AvgIpc) is 3.87. The molecule has 1 aromatic heterocycles. The van der Waals surface area contributed by atoms with Gasteiger partial charge in [0.15, 0.2) is 0 Å². The lowest BCUT2D eigenvalue weighted by atomic mass is 9.80. The van der Waals surface area contributed by atoms with Crippen molar-refractivity contribution in [2.24, 2.45) is 11.8 Å². The zero-order chi connectivity index (χ0) is 45.5. The molecule has 2 heterocycles. The van der Waals surface area contributed by atoms with Crippen LogP contribution in [-0.2, 0) is 28.5 Å². The summed E-state index contributed by atoms with van der Waals surface area (Å²) in [6.45, 7) is 6.78. The first-order valence-electron chi connectivity index (χ1n) is 22.8. The molecule has 2 fully saturated rings. The molecule has 0 N–H and O–H groups in total. The van der Waals surface area contributed by atoms with Crippen LogP contribution in [0.15, 0.2) is 67.3 Å². The molecule has 1 aliphatic heterocycles. The fourth-order valence-electron chi connectivity index (χ4n) is 8.72. The molecule has 65 heavy (non-hydrogen) atoms. The van der Waals surface area contributed by atoms with Gasteiger partial charge in [0.25, 0.3) is 11.8 Å². The van der Waals surface area contributed by atoms with E-state index in [0.29, 0.717) is 98.3 Å². The van der Waals surface area contributed by atoms with E-state index in [-0.39, 0.29) is 35.4 Å². The molecule has 348 valence electrons. The molecular formula is C50H60N2O12S. The van der Waals surface area contributed by atoms with E-state index < -0.39 is 17.8 Å². The molecular weight excluding hydrogens is 853 g/mol. The second-order valence-electron chi connectivity index (χ2n) is 16.7. The molecule has 0 spiro atoms. The standard InChI is InChI=1S/C50H60N2O12S/c1-4-44(53)62-26-8-6-5-7-25-60-37-17-19-38(20-18-37)64-49(56)35-11-9-33(10-12-35)32-63-42-24-22-40(34-13-15-36(16-14-34)61-30-29-59-28-27-57-2)45-46(42)48(55)52(47(45)54)50-51-41-23-21-39(58-3)31-43(41)65-50/h4,17-24,31,33-36H,1,5-16,25-30,32H2,2-3H3. The van der Waals surface area contributed by atoms with Crippen molar-refractivity contribution >= 4 is 50.4 Å². The summed E-state index contributed by atoms with van der Waals surface area (Å²) in [5.74, 6) is 0.728. The van der Waals surface area contributed by atoms with Crippen LogP contribution >= 0.6 is 11.3 Å². The van der Waals surface area contributed by atoms with Crippen LogP contribution in [0.5, 0.6) is 23.0 Å². The Balaban J connectivity index is 0.928. The number of benzene rings is 3. The van der Waals surface area contributed by atoms with Gasteiger partial charge in [0.2, 0.25) is 5.13 Å². The molecule has 7 rings (SSSR count). The van der Waals surface area contributed by atoms with Gasteiger partial charge in [0, 0.05) is 13.2 Å². The number of esters is 2. The van der Waals surface area contributed by atoms with Gasteiger partial charge in [-0.05, 0) is 143 Å². The topological polar surface area (TPSA) is 158 Å². The number of nitrogens with zero attached hydrogens (tertiary/aromatic N) is 2. The van der Waals surface area contributed by atoms with Gasteiger partial charge in [0.05, 0.1) is 86.7 Å². The highest BCUT2D eigenvalue weighted by atomic mass is 32.1. The number of hydrogen-bond acceptors (Lipinski definition) is 14. The second-order valence-corrected chi connectivity index (χ2v) is 17.7. The fourth-order valence-corrected chi connectivity index (χ4v) is 9.71. The van der Waals surface area contributed by atoms with Crippen molar-refractivity contribution in [3.05, 3.63) is 83.9 Å². The lowest BCUT2D eigenvalue weighted by molar-refractivity contribution is -0.140. The highest BCUT2D eigenvalue weighted by Gasteiger charge is 2.44. The summed E-state index contributed by atoms with van der Waals surface area (Å²) < 4.78 is 46.0. The van der Waals surface area contributed by atoms with Crippen molar-refractivity contribution in [1.29, 1.82) is 0 Å². The van der Waals surface area contributed by atoms with Crippen LogP contribution in [0, 0.1) is 11.8 Å². The zero-order valence-electron chi connectivity index (χ0n) is 37.4. The van der Waals surface area contributed by atoms with Crippen LogP contribution in [0.1, 0.15) is 109 Å². The SMILES string of the molecule is C=CC(=O)OCCCCCCOc1ccc(OC(=O)C2CCC(COc3ccc(C4CCC(OCCOCCOC)CC4)c4c3C(=O)N(c3nc5ccc(OC)cc5s3)C4=O)CC2)cc1. The van der Waals surface area contributed by atoms with E-state index in [4.69, 9.17) is 42.9 Å². The lowest BCUT2D eigenvalue weighted by Crippen LogP contribution is -2.30. The van der Waals surface area contributed by atoms with Crippen molar-refractivity contribution in [3.63, 3.8) is 0 Å². The molecule has 0 unspecified atom stereocenters. The van der Waals surface area contributed by atoms with Gasteiger partial charge >= 0.3 is 11.9 Å². The van der Waals surface area contributed by atoms with Gasteiger partial charge < -0.3 is 37.9 Å². The predicted octanol–water partition coefficient (Wildman–Crippen LogP) is 9.27. The molecule has 2 amide bonds. The maximum Gasteiger partial charge on any atom is 0.330 e. The van der Waals surface area contributed by atoms with Crippen LogP contribution < -0.4 is 23.8 Å². The molecule has 3 aliphatic rings. The average molecular weight is 913 g/mol. The van der Waals surface area contributed by atoms with E-state index in [1.165, 1.54) is 22.3 Å². The van der Waals surface area contributed by atoms with Gasteiger partial charge in [0.1, 0.15) is 23.0 Å². The van der Waals surface area contributed by atoms with Gasteiger partial charge in [-0.2, -0.15) is 0 Å². The summed E-state index contributed by atoms with van der Waals surface area (Å²) in [6.07, 6.45) is 11.0. The molecule has 0 bridgehead atoms. The minimum atomic E-state index is -0.443. The van der Waals surface area contributed by atoms with E-state index in [2.05, 4.69) is 6.58 Å². The van der Waals surface area contributed by atoms with Crippen LogP contribution in [0.25, 0.3) is 10.2 Å². The Labute approximate surface area is 384 Å². The Bertz CT molecular complexity index is 2240. The lowest BCUT2D eigenvalue weighted by Gasteiger charge is -2.30. The maximum atomic E-state index is 14.5. The zero-order valence-corrected chi connectivity index (χ0v) is 38.2. The fraction of sp³-hybridized carbons (Fsp3) is 0.500. The van der Waals surface area contributed by atoms with E-state index >= 15 is 0 Å². The van der Waals surface area contributed by atoms with E-state index in [1.54, 1.807) is 44.6 Å². The van der Waals surface area contributed by atoms with Gasteiger partial charge in [-0.3, -0.25) is 14.4 Å². The minimum absolute atomic E-state index is 0.0727. The maximum absolute atomic E-state index is 14.5. The number of aromatic nitrogens is 1. The van der Waals surface area contributed by atoms with E-state index in [0.717, 1.165) is 74.5 Å². The number of ether oxygens (including phenoxy) is 8. The van der Waals surface area contributed by atoms with Crippen LogP contribution in [0.3, 0.4) is 0 Å². The summed E-state index contributed by atoms with van der Waals surface area (Å²) in [5, 5.41) is 0.306. The number of imide groups is 1. The van der Waals surface area contributed by atoms with Crippen molar-refractivity contribution in [2.75, 3.05) is 65.4 Å². The number of hydrogen-bond donors (Lipinski definition) is 0. The van der Waals surface area contributed by atoms with Gasteiger partial charge in [-0.1, -0.05) is 24.0 Å². The molecule has 14 nitrogen and oxygen atoms in total. The Morgan fingerprint density at radius 2 is 1.46 bits per heavy atom. The Morgan fingerprint density at radius 3 is 2.20 bits per heavy atom. The summed E-state index contributed by atoms with van der Waals surface area (Å²) in [6, 6.07) is 16.4. The highest BCUT2D eigenvalue weighted by Crippen LogP contribution is 2.45. The third-order valence-electron chi connectivity index (χ3n) is 12.4. The quantitative estimate of drug-likeness (QED) is 0.0216. The molecule has 2 saturated carbocycles. The number of fused-ring (bicyclic) bond motifs is 2. The first-order valence-corrected chi connectivity index (χ1v) is 23.6. The Hall–Kier alpha value is -5.35. The van der Waals surface area contributed by atoms with Crippen molar-refractivity contribution in [1.82, 2.24) is 4.98 Å². The molecule has 3 aromatic carbocycles. The summed E-state index contributed by atoms with van der Waals surface area (Å²) in [7, 11) is 3.24. The molecule has 15 heteroatoms. The first-order chi connectivity index (χ1) is 31.8. The summed E-state index contributed by atoms with van der Waals surface area (Å²) >= 11 is 1.27. The number of amides is 2. The van der Waals surface area contributed by atoms with Crippen LogP contribution in [-0.4, -0.2) is 95.3 Å². The number of rotatable bonds is 24. The Kier molecular flexibility index (Phi) is 17.4. The van der Waals surface area contributed by atoms with Gasteiger partial charge in [-0.25, -0.2) is 14.7 Å². The van der Waals surface area contributed by atoms with Crippen LogP contribution in [0.2, 0.25) is 0 Å². The van der Waals surface area contributed by atoms with Crippen molar-refractivity contribution < 1.29 is 57.1 Å². The van der Waals surface area contributed by atoms with Crippen molar-refractivity contribution in [2.45, 2.75) is 89.1 Å². The molecule has 2 aliphatic carbocycles. The number of carbonyl (C=O) groups excluding carboxylic acids is 4. The monoisotopic (exact) mass is 912 g/mol. The number of unbranched alkanes of at least 4 members (excludes halogenated alkanes) is 3. The minimum Gasteiger partial charge on any atom is -0.497 e. The molecule has 4 aromatic rings. The second kappa shape index (κ2) is 23.7. The van der Waals surface area contributed by atoms with Crippen molar-refractivity contribution in [3.8, 4) is 23.0 Å². The smallest absolute Gasteiger partial charge is 0.330 e. The summed E-state index contributed by atoms with van der Waals surface area (Å²) in [5.41, 5.74) is 2.20. The van der Waals surface area contributed by atoms with Gasteiger partial charge in [-0.15, -0.1) is 0 Å². The number of carbonyl (C=O) groups is 4. The molecule has 0 radical (unpaired) electrons. The third-order valence-corrected chi connectivity index (χ3v) is 13.4. The number of thiazole rings is 1. The van der Waals surface area contributed by atoms with E-state index in [9.17, 15) is 19.2 Å². The highest BCUT2D eigenvalue weighted by molar-refractivity contribution is 7.22. The number of anilines is 1.